The maximum Gasteiger partial charge on any atom is 0.252 e. The lowest BCUT2D eigenvalue weighted by atomic mass is 10.1. The van der Waals surface area contributed by atoms with Crippen LogP contribution in [0.2, 0.25) is 0 Å². The van der Waals surface area contributed by atoms with Gasteiger partial charge in [0, 0.05) is 43.1 Å². The quantitative estimate of drug-likeness (QED) is 0.819. The summed E-state index contributed by atoms with van der Waals surface area (Å²) >= 11 is 1.24. The highest BCUT2D eigenvalue weighted by Gasteiger charge is 2.29. The van der Waals surface area contributed by atoms with Gasteiger partial charge in [0.15, 0.2) is 5.78 Å². The molecule has 0 unspecified atom stereocenters. The number of hydrogen-bond donors (Lipinski definition) is 1. The number of rotatable bonds is 5. The highest BCUT2D eigenvalue weighted by Crippen LogP contribution is 2.22. The van der Waals surface area contributed by atoms with Gasteiger partial charge in [0.05, 0.1) is 6.54 Å². The van der Waals surface area contributed by atoms with E-state index < -0.39 is 10.0 Å². The molecule has 2 aromatic rings. The van der Waals surface area contributed by atoms with Crippen molar-refractivity contribution in [3.05, 3.63) is 40.5 Å². The van der Waals surface area contributed by atoms with Gasteiger partial charge in [0.25, 0.3) is 10.0 Å². The molecular formula is C16H21N3O3S2. The summed E-state index contributed by atoms with van der Waals surface area (Å²) in [6.45, 7) is 6.11. The van der Waals surface area contributed by atoms with E-state index in [0.717, 1.165) is 17.0 Å². The van der Waals surface area contributed by atoms with Gasteiger partial charge < -0.3 is 4.98 Å². The molecule has 0 bridgehead atoms. The van der Waals surface area contributed by atoms with Crippen LogP contribution in [0.1, 0.15) is 21.7 Å². The van der Waals surface area contributed by atoms with Crippen molar-refractivity contribution in [2.75, 3.05) is 32.7 Å². The number of carbonyl (C=O) groups excluding carboxylic acids is 1. The van der Waals surface area contributed by atoms with Crippen molar-refractivity contribution < 1.29 is 13.2 Å². The minimum Gasteiger partial charge on any atom is -0.362 e. The Bertz CT molecular complexity index is 817. The van der Waals surface area contributed by atoms with Gasteiger partial charge in [-0.3, -0.25) is 9.69 Å². The third-order valence-corrected chi connectivity index (χ3v) is 7.51. The number of piperazine rings is 1. The van der Waals surface area contributed by atoms with E-state index in [0.29, 0.717) is 36.9 Å². The van der Waals surface area contributed by atoms with Crippen LogP contribution in [0.4, 0.5) is 0 Å². The molecule has 0 amide bonds. The standard InChI is InChI=1S/C16H21N3O3S2/c1-12-10-14(13(2)17-12)15(20)11-18-5-7-19(8-6-18)24(21,22)16-4-3-9-23-16/h3-4,9-10,17H,5-8,11H2,1-2H3. The van der Waals surface area contributed by atoms with Crippen LogP contribution in [0.15, 0.2) is 27.8 Å². The Balaban J connectivity index is 1.59. The molecular weight excluding hydrogens is 346 g/mol. The van der Waals surface area contributed by atoms with Crippen LogP contribution in [0.5, 0.6) is 0 Å². The number of carbonyl (C=O) groups is 1. The fourth-order valence-electron chi connectivity index (χ4n) is 2.97. The van der Waals surface area contributed by atoms with Crippen molar-refractivity contribution in [2.45, 2.75) is 18.1 Å². The number of ketones is 1. The highest BCUT2D eigenvalue weighted by atomic mass is 32.2. The first-order valence-corrected chi connectivity index (χ1v) is 10.2. The molecule has 130 valence electrons. The van der Waals surface area contributed by atoms with Crippen LogP contribution in [-0.4, -0.2) is 61.1 Å². The largest absolute Gasteiger partial charge is 0.362 e. The normalized spacial score (nSPS) is 17.2. The van der Waals surface area contributed by atoms with Gasteiger partial charge in [0.2, 0.25) is 0 Å². The third-order valence-electron chi connectivity index (χ3n) is 4.24. The number of hydrogen-bond acceptors (Lipinski definition) is 5. The molecule has 6 nitrogen and oxygen atoms in total. The number of nitrogens with one attached hydrogen (secondary N) is 1. The minimum atomic E-state index is -3.39. The second-order valence-electron chi connectivity index (χ2n) is 6.03. The topological polar surface area (TPSA) is 73.5 Å². The molecule has 8 heteroatoms. The van der Waals surface area contributed by atoms with Crippen molar-refractivity contribution in [3.63, 3.8) is 0 Å². The molecule has 1 fully saturated rings. The average Bonchev–Trinajstić information content (AvgIpc) is 3.18. The number of H-pyrrole nitrogens is 1. The molecule has 3 heterocycles. The third kappa shape index (κ3) is 3.46. The van der Waals surface area contributed by atoms with Gasteiger partial charge in [-0.25, -0.2) is 8.42 Å². The van der Waals surface area contributed by atoms with E-state index in [1.807, 2.05) is 24.8 Å². The second-order valence-corrected chi connectivity index (χ2v) is 9.14. The Hall–Kier alpha value is -1.48. The minimum absolute atomic E-state index is 0.0754. The number of aromatic amines is 1. The zero-order valence-corrected chi connectivity index (χ0v) is 15.4. The molecule has 0 spiro atoms. The molecule has 3 rings (SSSR count). The lowest BCUT2D eigenvalue weighted by Crippen LogP contribution is -2.49. The molecule has 1 aliphatic heterocycles. The van der Waals surface area contributed by atoms with E-state index in [1.165, 1.54) is 15.6 Å². The zero-order chi connectivity index (χ0) is 17.3. The molecule has 1 aliphatic rings. The van der Waals surface area contributed by atoms with E-state index in [1.54, 1.807) is 17.5 Å². The molecule has 0 aliphatic carbocycles. The van der Waals surface area contributed by atoms with Gasteiger partial charge in [0.1, 0.15) is 4.21 Å². The Morgan fingerprint density at radius 1 is 1.25 bits per heavy atom. The van der Waals surface area contributed by atoms with Crippen LogP contribution in [0.3, 0.4) is 0 Å². The monoisotopic (exact) mass is 367 g/mol. The summed E-state index contributed by atoms with van der Waals surface area (Å²) in [4.78, 5) is 17.6. The lowest BCUT2D eigenvalue weighted by Gasteiger charge is -2.33. The molecule has 2 aromatic heterocycles. The molecule has 24 heavy (non-hydrogen) atoms. The smallest absolute Gasteiger partial charge is 0.252 e. The predicted octanol–water partition coefficient (Wildman–Crippen LogP) is 1.88. The van der Waals surface area contributed by atoms with Gasteiger partial charge in [-0.15, -0.1) is 11.3 Å². The van der Waals surface area contributed by atoms with Crippen molar-refractivity contribution in [3.8, 4) is 0 Å². The van der Waals surface area contributed by atoms with Crippen LogP contribution < -0.4 is 0 Å². The van der Waals surface area contributed by atoms with E-state index >= 15 is 0 Å². The summed E-state index contributed by atoms with van der Waals surface area (Å²) in [7, 11) is -3.39. The van der Waals surface area contributed by atoms with E-state index in [-0.39, 0.29) is 5.78 Å². The van der Waals surface area contributed by atoms with Gasteiger partial charge in [-0.2, -0.15) is 4.31 Å². The summed E-state index contributed by atoms with van der Waals surface area (Å²) in [5.41, 5.74) is 2.58. The molecule has 0 atom stereocenters. The molecule has 0 saturated carbocycles. The van der Waals surface area contributed by atoms with E-state index in [4.69, 9.17) is 0 Å². The summed E-state index contributed by atoms with van der Waals surface area (Å²) in [6, 6.07) is 5.25. The number of Topliss-reactive ketones (excluding diaryl/α,β-unsaturated/α-hetero) is 1. The maximum absolute atomic E-state index is 12.5. The molecule has 1 saturated heterocycles. The fourth-order valence-corrected chi connectivity index (χ4v) is 5.53. The van der Waals surface area contributed by atoms with Gasteiger partial charge in [-0.1, -0.05) is 6.07 Å². The fraction of sp³-hybridized carbons (Fsp3) is 0.438. The number of nitrogens with zero attached hydrogens (tertiary/aromatic N) is 2. The first-order chi connectivity index (χ1) is 11.4. The number of aryl methyl sites for hydroxylation is 2. The first-order valence-electron chi connectivity index (χ1n) is 7.83. The van der Waals surface area contributed by atoms with Crippen molar-refractivity contribution in [1.29, 1.82) is 0 Å². The van der Waals surface area contributed by atoms with Crippen LogP contribution in [0.25, 0.3) is 0 Å². The Morgan fingerprint density at radius 3 is 2.50 bits per heavy atom. The first kappa shape index (κ1) is 17.3. The summed E-state index contributed by atoms with van der Waals surface area (Å²) in [5, 5.41) is 1.77. The Labute approximate surface area is 146 Å². The van der Waals surface area contributed by atoms with Crippen molar-refractivity contribution in [1.82, 2.24) is 14.2 Å². The molecule has 0 radical (unpaired) electrons. The summed E-state index contributed by atoms with van der Waals surface area (Å²) < 4.78 is 26.9. The maximum atomic E-state index is 12.5. The van der Waals surface area contributed by atoms with Crippen molar-refractivity contribution >= 4 is 27.1 Å². The second kappa shape index (κ2) is 6.79. The predicted molar refractivity (Wildman–Crippen MR) is 94.1 cm³/mol. The lowest BCUT2D eigenvalue weighted by molar-refractivity contribution is 0.0901. The van der Waals surface area contributed by atoms with E-state index in [9.17, 15) is 13.2 Å². The number of aromatic nitrogens is 1. The summed E-state index contributed by atoms with van der Waals surface area (Å²) in [5.74, 6) is 0.0754. The highest BCUT2D eigenvalue weighted by molar-refractivity contribution is 7.91. The number of sulfonamides is 1. The number of thiophene rings is 1. The van der Waals surface area contributed by atoms with Gasteiger partial charge in [-0.05, 0) is 31.4 Å². The van der Waals surface area contributed by atoms with Crippen LogP contribution in [0, 0.1) is 13.8 Å². The van der Waals surface area contributed by atoms with Crippen LogP contribution >= 0.6 is 11.3 Å². The molecule has 1 N–H and O–H groups in total. The summed E-state index contributed by atoms with van der Waals surface area (Å²) in [6.07, 6.45) is 0. The van der Waals surface area contributed by atoms with Crippen LogP contribution in [-0.2, 0) is 10.0 Å². The van der Waals surface area contributed by atoms with Gasteiger partial charge >= 0.3 is 0 Å². The Kier molecular flexibility index (Phi) is 4.91. The molecule has 0 aromatic carbocycles. The van der Waals surface area contributed by atoms with E-state index in [2.05, 4.69) is 4.98 Å². The zero-order valence-electron chi connectivity index (χ0n) is 13.8. The van der Waals surface area contributed by atoms with Crippen molar-refractivity contribution in [2.24, 2.45) is 0 Å². The average molecular weight is 367 g/mol. The Morgan fingerprint density at radius 2 is 1.96 bits per heavy atom. The SMILES string of the molecule is Cc1cc(C(=O)CN2CCN(S(=O)(=O)c3cccs3)CC2)c(C)[nH]1.